The van der Waals surface area contributed by atoms with Crippen molar-refractivity contribution in [2.45, 2.75) is 37.8 Å². The van der Waals surface area contributed by atoms with E-state index in [0.29, 0.717) is 6.04 Å². The van der Waals surface area contributed by atoms with Gasteiger partial charge in [-0.25, -0.2) is 4.39 Å². The summed E-state index contributed by atoms with van der Waals surface area (Å²) in [4.78, 5) is 0. The predicted octanol–water partition coefficient (Wildman–Crippen LogP) is 2.58. The Morgan fingerprint density at radius 2 is 2.24 bits per heavy atom. The monoisotopic (exact) mass is 235 g/mol. The van der Waals surface area contributed by atoms with Crippen LogP contribution in [0.5, 0.6) is 0 Å². The van der Waals surface area contributed by atoms with Crippen LogP contribution in [0.3, 0.4) is 0 Å². The number of aryl methyl sites for hydroxylation is 1. The van der Waals surface area contributed by atoms with Gasteiger partial charge >= 0.3 is 0 Å². The number of benzene rings is 1. The van der Waals surface area contributed by atoms with E-state index in [-0.39, 0.29) is 11.9 Å². The van der Waals surface area contributed by atoms with Gasteiger partial charge in [-0.3, -0.25) is 0 Å². The Hall–Kier alpha value is -0.930. The lowest BCUT2D eigenvalue weighted by molar-refractivity contribution is 0.0332. The summed E-state index contributed by atoms with van der Waals surface area (Å²) < 4.78 is 19.4. The molecule has 1 saturated heterocycles. The van der Waals surface area contributed by atoms with E-state index in [9.17, 15) is 4.39 Å². The van der Waals surface area contributed by atoms with Gasteiger partial charge in [0, 0.05) is 12.6 Å². The second kappa shape index (κ2) is 4.75. The second-order valence-electron chi connectivity index (χ2n) is 4.94. The van der Waals surface area contributed by atoms with E-state index < -0.39 is 0 Å². The minimum Gasteiger partial charge on any atom is -0.372 e. The highest BCUT2D eigenvalue weighted by Crippen LogP contribution is 2.32. The lowest BCUT2D eigenvalue weighted by Gasteiger charge is -2.24. The Morgan fingerprint density at radius 3 is 3.06 bits per heavy atom. The number of nitrogens with one attached hydrogen (secondary N) is 1. The molecule has 1 aromatic carbocycles. The molecular formula is C14H18FNO. The lowest BCUT2D eigenvalue weighted by atomic mass is 9.95. The molecule has 0 saturated carbocycles. The summed E-state index contributed by atoms with van der Waals surface area (Å²) in [5, 5.41) is 3.47. The Morgan fingerprint density at radius 1 is 1.29 bits per heavy atom. The van der Waals surface area contributed by atoms with Gasteiger partial charge < -0.3 is 10.1 Å². The first-order chi connectivity index (χ1) is 8.34. The van der Waals surface area contributed by atoms with E-state index in [2.05, 4.69) is 5.32 Å². The van der Waals surface area contributed by atoms with E-state index in [4.69, 9.17) is 4.74 Å². The van der Waals surface area contributed by atoms with Crippen LogP contribution in [0.25, 0.3) is 0 Å². The van der Waals surface area contributed by atoms with Crippen LogP contribution in [-0.2, 0) is 11.2 Å². The maximum absolute atomic E-state index is 13.4. The standard InChI is InChI=1S/C14H18FNO/c15-11-6-5-10-3-2-8-17-14(12(10)9-11)13-4-1-7-16-13/h5-6,9,13-14,16H,1-4,7-8H2/t13-,14?/m1/s1. The van der Waals surface area contributed by atoms with E-state index in [0.717, 1.165) is 38.0 Å². The van der Waals surface area contributed by atoms with Gasteiger partial charge in [0.1, 0.15) is 5.82 Å². The van der Waals surface area contributed by atoms with E-state index in [1.807, 2.05) is 6.07 Å². The predicted molar refractivity (Wildman–Crippen MR) is 64.4 cm³/mol. The van der Waals surface area contributed by atoms with Crippen molar-refractivity contribution in [3.8, 4) is 0 Å². The maximum Gasteiger partial charge on any atom is 0.123 e. The molecule has 2 nitrogen and oxygen atoms in total. The molecule has 92 valence electrons. The molecular weight excluding hydrogens is 217 g/mol. The quantitative estimate of drug-likeness (QED) is 0.807. The summed E-state index contributed by atoms with van der Waals surface area (Å²) in [6.07, 6.45) is 4.38. The highest BCUT2D eigenvalue weighted by molar-refractivity contribution is 5.32. The average Bonchev–Trinajstić information content (AvgIpc) is 2.77. The smallest absolute Gasteiger partial charge is 0.123 e. The molecule has 1 aromatic rings. The average molecular weight is 235 g/mol. The summed E-state index contributed by atoms with van der Waals surface area (Å²) >= 11 is 0. The first-order valence-corrected chi connectivity index (χ1v) is 6.48. The van der Waals surface area contributed by atoms with Crippen molar-refractivity contribution in [1.29, 1.82) is 0 Å². The number of rotatable bonds is 1. The molecule has 0 aliphatic carbocycles. The van der Waals surface area contributed by atoms with Gasteiger partial charge in [-0.05, 0) is 55.5 Å². The van der Waals surface area contributed by atoms with Crippen LogP contribution in [0.1, 0.15) is 36.5 Å². The molecule has 2 heterocycles. The van der Waals surface area contributed by atoms with Crippen molar-refractivity contribution in [2.24, 2.45) is 0 Å². The third-order valence-corrected chi connectivity index (χ3v) is 3.77. The molecule has 1 fully saturated rings. The number of halogens is 1. The molecule has 1 N–H and O–H groups in total. The fraction of sp³-hybridized carbons (Fsp3) is 0.571. The number of hydrogen-bond donors (Lipinski definition) is 1. The molecule has 0 aromatic heterocycles. The molecule has 0 bridgehead atoms. The van der Waals surface area contributed by atoms with E-state index in [1.165, 1.54) is 12.0 Å². The van der Waals surface area contributed by atoms with E-state index >= 15 is 0 Å². The van der Waals surface area contributed by atoms with Crippen molar-refractivity contribution in [3.63, 3.8) is 0 Å². The van der Waals surface area contributed by atoms with Gasteiger partial charge in [-0.2, -0.15) is 0 Å². The third-order valence-electron chi connectivity index (χ3n) is 3.77. The Balaban J connectivity index is 1.96. The summed E-state index contributed by atoms with van der Waals surface area (Å²) in [5.74, 6) is -0.155. The molecule has 17 heavy (non-hydrogen) atoms. The Labute approximate surface area is 101 Å². The van der Waals surface area contributed by atoms with Gasteiger partial charge in [0.05, 0.1) is 6.10 Å². The number of hydrogen-bond acceptors (Lipinski definition) is 2. The molecule has 3 rings (SSSR count). The van der Waals surface area contributed by atoms with Crippen molar-refractivity contribution < 1.29 is 9.13 Å². The normalized spacial score (nSPS) is 28.8. The van der Waals surface area contributed by atoms with Crippen LogP contribution in [-0.4, -0.2) is 19.2 Å². The van der Waals surface area contributed by atoms with Crippen LogP contribution < -0.4 is 5.32 Å². The van der Waals surface area contributed by atoms with Crippen molar-refractivity contribution in [2.75, 3.05) is 13.2 Å². The SMILES string of the molecule is Fc1ccc2c(c1)C([C@H]1CCCN1)OCCC2. The zero-order chi connectivity index (χ0) is 11.7. The Bertz CT molecular complexity index is 401. The van der Waals surface area contributed by atoms with Crippen LogP contribution in [0.15, 0.2) is 18.2 Å². The lowest BCUT2D eigenvalue weighted by Crippen LogP contribution is -2.30. The van der Waals surface area contributed by atoms with Gasteiger partial charge in [-0.1, -0.05) is 6.07 Å². The maximum atomic E-state index is 13.4. The fourth-order valence-corrected chi connectivity index (χ4v) is 2.92. The number of ether oxygens (including phenoxy) is 1. The highest BCUT2D eigenvalue weighted by atomic mass is 19.1. The molecule has 2 aliphatic heterocycles. The number of fused-ring (bicyclic) bond motifs is 1. The fourth-order valence-electron chi connectivity index (χ4n) is 2.92. The zero-order valence-electron chi connectivity index (χ0n) is 9.92. The summed E-state index contributed by atoms with van der Waals surface area (Å²) in [5.41, 5.74) is 2.31. The van der Waals surface area contributed by atoms with Gasteiger partial charge in [0.25, 0.3) is 0 Å². The largest absolute Gasteiger partial charge is 0.372 e. The van der Waals surface area contributed by atoms with Crippen molar-refractivity contribution in [3.05, 3.63) is 35.1 Å². The molecule has 0 amide bonds. The van der Waals surface area contributed by atoms with Gasteiger partial charge in [0.15, 0.2) is 0 Å². The minimum absolute atomic E-state index is 0.0331. The summed E-state index contributed by atoms with van der Waals surface area (Å²) in [6, 6.07) is 5.49. The summed E-state index contributed by atoms with van der Waals surface area (Å²) in [6.45, 7) is 1.83. The molecule has 2 atom stereocenters. The molecule has 2 aliphatic rings. The van der Waals surface area contributed by atoms with Gasteiger partial charge in [-0.15, -0.1) is 0 Å². The molecule has 0 radical (unpaired) electrons. The van der Waals surface area contributed by atoms with Crippen LogP contribution in [0.4, 0.5) is 4.39 Å². The molecule has 0 spiro atoms. The van der Waals surface area contributed by atoms with Crippen molar-refractivity contribution in [1.82, 2.24) is 5.32 Å². The Kier molecular flexibility index (Phi) is 3.12. The van der Waals surface area contributed by atoms with Crippen molar-refractivity contribution >= 4 is 0 Å². The third kappa shape index (κ3) is 2.22. The highest BCUT2D eigenvalue weighted by Gasteiger charge is 2.29. The summed E-state index contributed by atoms with van der Waals surface area (Å²) in [7, 11) is 0. The van der Waals surface area contributed by atoms with Crippen LogP contribution >= 0.6 is 0 Å². The second-order valence-corrected chi connectivity index (χ2v) is 4.94. The molecule has 3 heteroatoms. The minimum atomic E-state index is -0.155. The first-order valence-electron chi connectivity index (χ1n) is 6.48. The van der Waals surface area contributed by atoms with Gasteiger partial charge in [0.2, 0.25) is 0 Å². The molecule has 1 unspecified atom stereocenters. The van der Waals surface area contributed by atoms with Crippen LogP contribution in [0.2, 0.25) is 0 Å². The van der Waals surface area contributed by atoms with Crippen LogP contribution in [0, 0.1) is 5.82 Å². The first kappa shape index (κ1) is 11.2. The topological polar surface area (TPSA) is 21.3 Å². The van der Waals surface area contributed by atoms with E-state index in [1.54, 1.807) is 12.1 Å². The zero-order valence-corrected chi connectivity index (χ0v) is 9.92.